The highest BCUT2D eigenvalue weighted by atomic mass is 32.1. The summed E-state index contributed by atoms with van der Waals surface area (Å²) in [5, 5.41) is 5.65. The highest BCUT2D eigenvalue weighted by Crippen LogP contribution is 2.44. The van der Waals surface area contributed by atoms with Crippen molar-refractivity contribution in [1.29, 1.82) is 0 Å². The number of rotatable bonds is 5. The molecule has 0 spiro atoms. The van der Waals surface area contributed by atoms with Crippen molar-refractivity contribution in [2.45, 2.75) is 51.4 Å². The van der Waals surface area contributed by atoms with Crippen LogP contribution in [0.5, 0.6) is 0 Å². The van der Waals surface area contributed by atoms with Crippen molar-refractivity contribution in [1.82, 2.24) is 0 Å². The minimum absolute atomic E-state index is 0.0970. The molecular weight excluding hydrogens is 448 g/mol. The maximum absolute atomic E-state index is 2.45. The normalized spacial score (nSPS) is 12.9. The van der Waals surface area contributed by atoms with Crippen LogP contribution in [0.1, 0.15) is 51.7 Å². The summed E-state index contributed by atoms with van der Waals surface area (Å²) in [5.41, 5.74) is 3.13. The summed E-state index contributed by atoms with van der Waals surface area (Å²) < 4.78 is 5.56. The highest BCUT2D eigenvalue weighted by molar-refractivity contribution is 7.26. The molecule has 6 rings (SSSR count). The van der Waals surface area contributed by atoms with Gasteiger partial charge in [-0.2, -0.15) is 0 Å². The lowest BCUT2D eigenvalue weighted by Crippen LogP contribution is -2.24. The molecule has 0 amide bonds. The van der Waals surface area contributed by atoms with Crippen LogP contribution in [0.4, 0.5) is 0 Å². The fourth-order valence-electron chi connectivity index (χ4n) is 5.39. The molecule has 0 aliphatic rings. The van der Waals surface area contributed by atoms with Crippen LogP contribution in [0.25, 0.3) is 40.3 Å². The van der Waals surface area contributed by atoms with Crippen molar-refractivity contribution >= 4 is 63.0 Å². The molecule has 0 unspecified atom stereocenters. The van der Waals surface area contributed by atoms with E-state index >= 15 is 0 Å². The summed E-state index contributed by atoms with van der Waals surface area (Å²) >= 11 is 3.82. The van der Waals surface area contributed by atoms with Gasteiger partial charge in [-0.1, -0.05) is 82.3 Å². The third-order valence-electron chi connectivity index (χ3n) is 7.66. The predicted molar refractivity (Wildman–Crippen MR) is 154 cm³/mol. The van der Waals surface area contributed by atoms with Gasteiger partial charge in [0.05, 0.1) is 0 Å². The number of hydrogen-bond acceptors (Lipinski definition) is 2. The Morgan fingerprint density at radius 2 is 1.12 bits per heavy atom. The maximum atomic E-state index is 2.45. The Morgan fingerprint density at radius 1 is 0.529 bits per heavy atom. The first kappa shape index (κ1) is 21.8. The van der Waals surface area contributed by atoms with Crippen LogP contribution in [0.15, 0.2) is 84.9 Å². The fraction of sp³-hybridized carbons (Fsp3) is 0.250. The molecule has 0 saturated heterocycles. The summed E-state index contributed by atoms with van der Waals surface area (Å²) in [5.74, 6) is 0. The quantitative estimate of drug-likeness (QED) is 0.231. The van der Waals surface area contributed by atoms with Crippen LogP contribution in [0.2, 0.25) is 0 Å². The van der Waals surface area contributed by atoms with E-state index in [0.717, 1.165) is 12.8 Å². The van der Waals surface area contributed by atoms with Gasteiger partial charge in [0.2, 0.25) is 0 Å². The second-order valence-corrected chi connectivity index (χ2v) is 13.0. The zero-order chi connectivity index (χ0) is 23.5. The minimum Gasteiger partial charge on any atom is -0.135 e. The molecule has 0 aliphatic carbocycles. The van der Waals surface area contributed by atoms with Gasteiger partial charge in [-0.25, -0.2) is 0 Å². The second kappa shape index (κ2) is 7.93. The predicted octanol–water partition coefficient (Wildman–Crippen LogP) is 10.5. The first-order chi connectivity index (χ1) is 16.3. The van der Waals surface area contributed by atoms with E-state index < -0.39 is 0 Å². The van der Waals surface area contributed by atoms with Crippen molar-refractivity contribution in [3.05, 3.63) is 96.1 Å². The Labute approximate surface area is 209 Å². The number of thiophene rings is 2. The number of benzene rings is 4. The second-order valence-electron chi connectivity index (χ2n) is 10.9. The molecule has 6 aromatic rings. The third kappa shape index (κ3) is 3.56. The zero-order valence-electron chi connectivity index (χ0n) is 20.3. The molecule has 0 saturated carbocycles. The Balaban J connectivity index is 1.34. The third-order valence-corrected chi connectivity index (χ3v) is 9.95. The minimum atomic E-state index is 0.0970. The fourth-order valence-corrected chi connectivity index (χ4v) is 7.61. The van der Waals surface area contributed by atoms with Crippen molar-refractivity contribution in [3.8, 4) is 0 Å². The van der Waals surface area contributed by atoms with E-state index in [-0.39, 0.29) is 10.8 Å². The lowest BCUT2D eigenvalue weighted by atomic mass is 9.72. The van der Waals surface area contributed by atoms with E-state index in [1.807, 2.05) is 22.7 Å². The van der Waals surface area contributed by atoms with Gasteiger partial charge in [-0.15, -0.1) is 22.7 Å². The summed E-state index contributed by atoms with van der Waals surface area (Å²) in [6, 6.07) is 31.7. The monoisotopic (exact) mass is 478 g/mol. The molecule has 0 bridgehead atoms. The summed E-state index contributed by atoms with van der Waals surface area (Å²) in [7, 11) is 0. The van der Waals surface area contributed by atoms with Crippen LogP contribution in [-0.4, -0.2) is 0 Å². The van der Waals surface area contributed by atoms with Crippen molar-refractivity contribution < 1.29 is 0 Å². The van der Waals surface area contributed by atoms with Crippen molar-refractivity contribution in [2.24, 2.45) is 0 Å². The molecule has 0 nitrogen and oxygen atoms in total. The average molecular weight is 479 g/mol. The smallest absolute Gasteiger partial charge is 0.0358 e. The topological polar surface area (TPSA) is 0 Å². The van der Waals surface area contributed by atoms with Gasteiger partial charge in [0, 0.05) is 40.3 Å². The summed E-state index contributed by atoms with van der Waals surface area (Å²) in [4.78, 5) is 0. The van der Waals surface area contributed by atoms with Crippen molar-refractivity contribution in [2.75, 3.05) is 0 Å². The molecule has 0 fully saturated rings. The van der Waals surface area contributed by atoms with E-state index in [2.05, 4.69) is 113 Å². The molecule has 34 heavy (non-hydrogen) atoms. The van der Waals surface area contributed by atoms with E-state index in [0.29, 0.717) is 0 Å². The molecular formula is C32H30S2. The lowest BCUT2D eigenvalue weighted by Gasteiger charge is -2.32. The van der Waals surface area contributed by atoms with Crippen LogP contribution in [0, 0.1) is 0 Å². The Morgan fingerprint density at radius 3 is 1.91 bits per heavy atom. The average Bonchev–Trinajstić information content (AvgIpc) is 3.40. The first-order valence-electron chi connectivity index (χ1n) is 12.2. The molecule has 0 atom stereocenters. The van der Waals surface area contributed by atoms with Gasteiger partial charge in [-0.05, 0) is 65.1 Å². The highest BCUT2D eigenvalue weighted by Gasteiger charge is 2.29. The van der Waals surface area contributed by atoms with Crippen LogP contribution >= 0.6 is 22.7 Å². The van der Waals surface area contributed by atoms with Gasteiger partial charge >= 0.3 is 0 Å². The van der Waals surface area contributed by atoms with E-state index in [9.17, 15) is 0 Å². The lowest BCUT2D eigenvalue weighted by molar-refractivity contribution is 0.377. The Hall–Kier alpha value is -2.68. The van der Waals surface area contributed by atoms with E-state index in [1.54, 1.807) is 0 Å². The largest absolute Gasteiger partial charge is 0.135 e. The van der Waals surface area contributed by atoms with Crippen LogP contribution in [-0.2, 0) is 10.8 Å². The summed E-state index contributed by atoms with van der Waals surface area (Å²) in [6.07, 6.45) is 2.29. The molecule has 170 valence electrons. The number of fused-ring (bicyclic) bond motifs is 6. The Bertz CT molecular complexity index is 1660. The summed E-state index contributed by atoms with van der Waals surface area (Å²) in [6.45, 7) is 9.69. The molecule has 0 radical (unpaired) electrons. The van der Waals surface area contributed by atoms with Crippen LogP contribution in [0.3, 0.4) is 0 Å². The molecule has 2 aromatic heterocycles. The van der Waals surface area contributed by atoms with Gasteiger partial charge in [0.1, 0.15) is 0 Å². The van der Waals surface area contributed by atoms with Crippen molar-refractivity contribution in [3.63, 3.8) is 0 Å². The maximum Gasteiger partial charge on any atom is 0.0358 e. The molecule has 0 N–H and O–H groups in total. The molecule has 2 heteroatoms. The molecule has 2 heterocycles. The van der Waals surface area contributed by atoms with Gasteiger partial charge < -0.3 is 0 Å². The van der Waals surface area contributed by atoms with Gasteiger partial charge in [-0.3, -0.25) is 0 Å². The van der Waals surface area contributed by atoms with Gasteiger partial charge in [0.25, 0.3) is 0 Å². The number of hydrogen-bond donors (Lipinski definition) is 0. The molecule has 4 aromatic carbocycles. The zero-order valence-corrected chi connectivity index (χ0v) is 21.9. The van der Waals surface area contributed by atoms with E-state index in [1.165, 1.54) is 51.5 Å². The first-order valence-corrected chi connectivity index (χ1v) is 13.8. The SMILES string of the molecule is CC(C)(CCC(C)(C)c1cccc2sc3ccccc3c12)c1ccc2sc3ccccc3c2c1. The van der Waals surface area contributed by atoms with Gasteiger partial charge in [0.15, 0.2) is 0 Å². The van der Waals surface area contributed by atoms with E-state index in [4.69, 9.17) is 0 Å². The Kier molecular flexibility index (Phi) is 5.09. The standard InChI is InChI=1S/C32H30S2/c1-31(2,21-16-17-28-24(20-21)22-10-5-7-13-26(22)33-28)18-19-32(3,4)25-12-9-15-29-30(25)23-11-6-8-14-27(23)34-29/h5-17,20H,18-19H2,1-4H3. The molecule has 0 aliphatic heterocycles. The van der Waals surface area contributed by atoms with Crippen LogP contribution < -0.4 is 0 Å².